The summed E-state index contributed by atoms with van der Waals surface area (Å²) < 4.78 is 10.8. The van der Waals surface area contributed by atoms with Crippen LogP contribution in [0.15, 0.2) is 24.3 Å². The van der Waals surface area contributed by atoms with Crippen molar-refractivity contribution in [3.63, 3.8) is 0 Å². The molecule has 3 heteroatoms. The minimum absolute atomic E-state index is 0.431. The number of methoxy groups -OCH3 is 1. The van der Waals surface area contributed by atoms with Crippen LogP contribution in [0.3, 0.4) is 0 Å². The molecule has 1 aromatic rings. The van der Waals surface area contributed by atoms with Crippen molar-refractivity contribution in [2.75, 3.05) is 26.9 Å². The lowest BCUT2D eigenvalue weighted by Crippen LogP contribution is -2.32. The van der Waals surface area contributed by atoms with Crippen LogP contribution in [0.2, 0.25) is 0 Å². The molecule has 2 unspecified atom stereocenters. The first kappa shape index (κ1) is 13.4. The molecule has 2 rings (SSSR count). The van der Waals surface area contributed by atoms with E-state index >= 15 is 0 Å². The fourth-order valence-corrected chi connectivity index (χ4v) is 2.40. The molecule has 0 saturated carbocycles. The maximum Gasteiger partial charge on any atom is 0.124 e. The van der Waals surface area contributed by atoms with E-state index in [0.717, 1.165) is 18.2 Å². The van der Waals surface area contributed by atoms with Gasteiger partial charge in [-0.05, 0) is 31.4 Å². The van der Waals surface area contributed by atoms with E-state index in [4.69, 9.17) is 9.47 Å². The van der Waals surface area contributed by atoms with Gasteiger partial charge in [-0.15, -0.1) is 0 Å². The van der Waals surface area contributed by atoms with Gasteiger partial charge in [0, 0.05) is 18.7 Å². The number of benzene rings is 1. The third-order valence-corrected chi connectivity index (χ3v) is 3.50. The highest BCUT2D eigenvalue weighted by Gasteiger charge is 2.21. The summed E-state index contributed by atoms with van der Waals surface area (Å²) in [5, 5.41) is 3.60. The molecule has 1 aromatic carbocycles. The van der Waals surface area contributed by atoms with Crippen LogP contribution in [0.1, 0.15) is 31.4 Å². The lowest BCUT2D eigenvalue weighted by Gasteiger charge is -2.29. The highest BCUT2D eigenvalue weighted by Crippen LogP contribution is 2.31. The molecule has 1 aliphatic rings. The highest BCUT2D eigenvalue weighted by molar-refractivity contribution is 5.36. The Morgan fingerprint density at radius 3 is 2.78 bits per heavy atom. The molecule has 18 heavy (non-hydrogen) atoms. The van der Waals surface area contributed by atoms with Crippen molar-refractivity contribution in [3.8, 4) is 5.75 Å². The maximum atomic E-state index is 5.79. The number of ether oxygens (including phenoxy) is 2. The standard InChI is InChI=1S/C15H23NO2/c1-12-7-8-14(16-11-12)13-5-3-4-6-15(13)18-10-9-17-2/h3-6,12,14,16H,7-11H2,1-2H3. The van der Waals surface area contributed by atoms with Crippen LogP contribution < -0.4 is 10.1 Å². The van der Waals surface area contributed by atoms with Gasteiger partial charge in [0.25, 0.3) is 0 Å². The van der Waals surface area contributed by atoms with Crippen molar-refractivity contribution >= 4 is 0 Å². The van der Waals surface area contributed by atoms with Gasteiger partial charge in [-0.25, -0.2) is 0 Å². The summed E-state index contributed by atoms with van der Waals surface area (Å²) in [5.74, 6) is 1.77. The minimum Gasteiger partial charge on any atom is -0.491 e. The number of hydrogen-bond donors (Lipinski definition) is 1. The van der Waals surface area contributed by atoms with Crippen LogP contribution >= 0.6 is 0 Å². The quantitative estimate of drug-likeness (QED) is 0.814. The van der Waals surface area contributed by atoms with Crippen molar-refractivity contribution in [2.24, 2.45) is 5.92 Å². The zero-order chi connectivity index (χ0) is 12.8. The SMILES string of the molecule is COCCOc1ccccc1C1CCC(C)CN1. The van der Waals surface area contributed by atoms with E-state index in [-0.39, 0.29) is 0 Å². The van der Waals surface area contributed by atoms with Gasteiger partial charge in [-0.3, -0.25) is 0 Å². The van der Waals surface area contributed by atoms with Gasteiger partial charge >= 0.3 is 0 Å². The molecule has 100 valence electrons. The Morgan fingerprint density at radius 1 is 1.22 bits per heavy atom. The number of nitrogens with one attached hydrogen (secondary N) is 1. The van der Waals surface area contributed by atoms with Crippen molar-refractivity contribution in [1.29, 1.82) is 0 Å². The highest BCUT2D eigenvalue weighted by atomic mass is 16.5. The maximum absolute atomic E-state index is 5.79. The molecule has 1 saturated heterocycles. The lowest BCUT2D eigenvalue weighted by molar-refractivity contribution is 0.145. The molecule has 0 bridgehead atoms. The molecule has 0 amide bonds. The number of para-hydroxylation sites is 1. The Hall–Kier alpha value is -1.06. The molecule has 0 aromatic heterocycles. The van der Waals surface area contributed by atoms with Crippen molar-refractivity contribution < 1.29 is 9.47 Å². The molecule has 1 heterocycles. The Balaban J connectivity index is 2.02. The smallest absolute Gasteiger partial charge is 0.124 e. The predicted octanol–water partition coefficient (Wildman–Crippen LogP) is 2.77. The van der Waals surface area contributed by atoms with Crippen LogP contribution in [-0.2, 0) is 4.74 Å². The third kappa shape index (κ3) is 3.47. The summed E-state index contributed by atoms with van der Waals surface area (Å²) in [5.41, 5.74) is 1.28. The second-order valence-corrected chi connectivity index (χ2v) is 5.02. The van der Waals surface area contributed by atoms with Crippen LogP contribution in [-0.4, -0.2) is 26.9 Å². The molecular formula is C15H23NO2. The molecule has 2 atom stereocenters. The fraction of sp³-hybridized carbons (Fsp3) is 0.600. The number of hydrogen-bond acceptors (Lipinski definition) is 3. The molecule has 0 spiro atoms. The fourth-order valence-electron chi connectivity index (χ4n) is 2.40. The normalized spacial score (nSPS) is 23.9. The van der Waals surface area contributed by atoms with Crippen molar-refractivity contribution in [1.82, 2.24) is 5.32 Å². The first-order chi connectivity index (χ1) is 8.81. The number of piperidine rings is 1. The second kappa shape index (κ2) is 6.76. The molecule has 1 aliphatic heterocycles. The topological polar surface area (TPSA) is 30.5 Å². The summed E-state index contributed by atoms with van der Waals surface area (Å²) in [4.78, 5) is 0. The monoisotopic (exact) mass is 249 g/mol. The summed E-state index contributed by atoms with van der Waals surface area (Å²) in [7, 11) is 1.69. The largest absolute Gasteiger partial charge is 0.491 e. The Morgan fingerprint density at radius 2 is 2.06 bits per heavy atom. The molecule has 1 N–H and O–H groups in total. The van der Waals surface area contributed by atoms with Crippen molar-refractivity contribution in [3.05, 3.63) is 29.8 Å². The van der Waals surface area contributed by atoms with Crippen molar-refractivity contribution in [2.45, 2.75) is 25.8 Å². The molecule has 3 nitrogen and oxygen atoms in total. The molecule has 1 fully saturated rings. The molecule has 0 aliphatic carbocycles. The van der Waals surface area contributed by atoms with Gasteiger partial charge in [0.1, 0.15) is 12.4 Å². The summed E-state index contributed by atoms with van der Waals surface area (Å²) in [6, 6.07) is 8.75. The summed E-state index contributed by atoms with van der Waals surface area (Å²) in [6.07, 6.45) is 2.47. The predicted molar refractivity (Wildman–Crippen MR) is 73.0 cm³/mol. The zero-order valence-electron chi connectivity index (χ0n) is 11.3. The van der Waals surface area contributed by atoms with Gasteiger partial charge in [0.2, 0.25) is 0 Å². The first-order valence-corrected chi connectivity index (χ1v) is 6.75. The zero-order valence-corrected chi connectivity index (χ0v) is 11.3. The summed E-state index contributed by atoms with van der Waals surface area (Å²) in [6.45, 7) is 4.63. The lowest BCUT2D eigenvalue weighted by atomic mass is 9.92. The van der Waals surface area contributed by atoms with Crippen LogP contribution in [0.4, 0.5) is 0 Å². The van der Waals surface area contributed by atoms with E-state index in [1.807, 2.05) is 12.1 Å². The van der Waals surface area contributed by atoms with E-state index in [2.05, 4.69) is 24.4 Å². The van der Waals surface area contributed by atoms with E-state index < -0.39 is 0 Å². The van der Waals surface area contributed by atoms with Gasteiger partial charge in [0.15, 0.2) is 0 Å². The van der Waals surface area contributed by atoms with Gasteiger partial charge in [-0.1, -0.05) is 25.1 Å². The van der Waals surface area contributed by atoms with Gasteiger partial charge in [-0.2, -0.15) is 0 Å². The van der Waals surface area contributed by atoms with Crippen LogP contribution in [0.25, 0.3) is 0 Å². The summed E-state index contributed by atoms with van der Waals surface area (Å²) >= 11 is 0. The molecular weight excluding hydrogens is 226 g/mol. The Bertz CT molecular complexity index is 359. The second-order valence-electron chi connectivity index (χ2n) is 5.02. The Kier molecular flexibility index (Phi) is 5.02. The molecule has 0 radical (unpaired) electrons. The van der Waals surface area contributed by atoms with E-state index in [9.17, 15) is 0 Å². The van der Waals surface area contributed by atoms with E-state index in [0.29, 0.717) is 19.3 Å². The van der Waals surface area contributed by atoms with E-state index in [1.54, 1.807) is 7.11 Å². The number of rotatable bonds is 5. The Labute approximate surface area is 109 Å². The van der Waals surface area contributed by atoms with Crippen LogP contribution in [0, 0.1) is 5.92 Å². The van der Waals surface area contributed by atoms with E-state index in [1.165, 1.54) is 18.4 Å². The average molecular weight is 249 g/mol. The van der Waals surface area contributed by atoms with Gasteiger partial charge < -0.3 is 14.8 Å². The minimum atomic E-state index is 0.431. The average Bonchev–Trinajstić information content (AvgIpc) is 2.41. The van der Waals surface area contributed by atoms with Gasteiger partial charge in [0.05, 0.1) is 6.61 Å². The van der Waals surface area contributed by atoms with Crippen LogP contribution in [0.5, 0.6) is 5.75 Å². The first-order valence-electron chi connectivity index (χ1n) is 6.75. The third-order valence-electron chi connectivity index (χ3n) is 3.50.